The van der Waals surface area contributed by atoms with Gasteiger partial charge in [0.15, 0.2) is 0 Å². The van der Waals surface area contributed by atoms with Crippen LogP contribution in [-0.4, -0.2) is 38.3 Å². The molecule has 2 N–H and O–H groups in total. The fourth-order valence-electron chi connectivity index (χ4n) is 4.19. The number of carbonyl (C=O) groups excluding carboxylic acids is 1. The summed E-state index contributed by atoms with van der Waals surface area (Å²) >= 11 is 3.28. The molecule has 0 bridgehead atoms. The number of hydrogen-bond acceptors (Lipinski definition) is 3. The van der Waals surface area contributed by atoms with Gasteiger partial charge in [0.2, 0.25) is 5.91 Å². The lowest BCUT2D eigenvalue weighted by Gasteiger charge is -2.27. The Bertz CT molecular complexity index is 1270. The SMILES string of the molecule is O=C(O)C(CCC(=O)N1CCc2cc(F)ccc21)N(c1ccc(-c2ccc(Cl)cc2)cc1)S(=O)O. The Kier molecular flexibility index (Phi) is 7.49. The van der Waals surface area contributed by atoms with Gasteiger partial charge in [0.05, 0.1) is 5.69 Å². The zero-order valence-electron chi connectivity index (χ0n) is 18.4. The fraction of sp³-hybridized carbons (Fsp3) is 0.200. The molecule has 7 nitrogen and oxygen atoms in total. The molecule has 1 aliphatic rings. The number of carboxylic acid groups (broad SMARTS) is 1. The molecule has 0 spiro atoms. The van der Waals surface area contributed by atoms with Gasteiger partial charge in [0.1, 0.15) is 11.9 Å². The van der Waals surface area contributed by atoms with E-state index in [2.05, 4.69) is 0 Å². The molecule has 182 valence electrons. The lowest BCUT2D eigenvalue weighted by atomic mass is 10.0. The predicted octanol–water partition coefficient (Wildman–Crippen LogP) is 4.91. The third-order valence-electron chi connectivity index (χ3n) is 5.91. The zero-order chi connectivity index (χ0) is 25.1. The fourth-order valence-corrected chi connectivity index (χ4v) is 5.03. The molecule has 0 saturated heterocycles. The van der Waals surface area contributed by atoms with E-state index >= 15 is 0 Å². The second-order valence-corrected chi connectivity index (χ2v) is 9.36. The van der Waals surface area contributed by atoms with Gasteiger partial charge in [-0.25, -0.2) is 13.4 Å². The number of nitrogens with zero attached hydrogens (tertiary/aromatic N) is 2. The third-order valence-corrected chi connectivity index (χ3v) is 6.96. The van der Waals surface area contributed by atoms with E-state index in [0.717, 1.165) is 15.4 Å². The number of aliphatic carboxylic acids is 1. The van der Waals surface area contributed by atoms with Gasteiger partial charge < -0.3 is 10.0 Å². The van der Waals surface area contributed by atoms with Crippen molar-refractivity contribution in [2.24, 2.45) is 0 Å². The van der Waals surface area contributed by atoms with Gasteiger partial charge in [0, 0.05) is 23.7 Å². The standard InChI is InChI=1S/C25H22ClFN2O5S/c26-19-5-1-16(2-6-19)17-3-8-21(9-4-17)29(35(33)34)23(25(31)32)11-12-24(30)28-14-13-18-15-20(27)7-10-22(18)28/h1-10,15,23H,11-14H2,(H,31,32)(H,33,34). The van der Waals surface area contributed by atoms with Crippen molar-refractivity contribution in [3.8, 4) is 11.1 Å². The van der Waals surface area contributed by atoms with Gasteiger partial charge in [0.25, 0.3) is 11.3 Å². The predicted molar refractivity (Wildman–Crippen MR) is 133 cm³/mol. The van der Waals surface area contributed by atoms with Crippen LogP contribution in [0.15, 0.2) is 66.7 Å². The Morgan fingerprint density at radius 1 is 1.06 bits per heavy atom. The van der Waals surface area contributed by atoms with Gasteiger partial charge in [-0.15, -0.1) is 0 Å². The van der Waals surface area contributed by atoms with E-state index < -0.39 is 23.3 Å². The average Bonchev–Trinajstić information content (AvgIpc) is 3.25. The summed E-state index contributed by atoms with van der Waals surface area (Å²) < 4.78 is 36.4. The first-order valence-electron chi connectivity index (χ1n) is 10.8. The summed E-state index contributed by atoms with van der Waals surface area (Å²) in [5.41, 5.74) is 3.24. The molecule has 2 unspecified atom stereocenters. The Morgan fingerprint density at radius 2 is 1.69 bits per heavy atom. The molecule has 0 radical (unpaired) electrons. The number of amides is 1. The highest BCUT2D eigenvalue weighted by atomic mass is 35.5. The lowest BCUT2D eigenvalue weighted by Crippen LogP contribution is -2.43. The van der Waals surface area contributed by atoms with E-state index in [4.69, 9.17) is 11.6 Å². The van der Waals surface area contributed by atoms with Crippen molar-refractivity contribution in [1.82, 2.24) is 0 Å². The highest BCUT2D eigenvalue weighted by molar-refractivity contribution is 7.80. The zero-order valence-corrected chi connectivity index (χ0v) is 20.0. The molecule has 0 aliphatic carbocycles. The van der Waals surface area contributed by atoms with E-state index in [1.165, 1.54) is 23.1 Å². The van der Waals surface area contributed by atoms with Gasteiger partial charge in [-0.05, 0) is 72.0 Å². The quantitative estimate of drug-likeness (QED) is 0.414. The summed E-state index contributed by atoms with van der Waals surface area (Å²) in [7, 11) is 0. The number of carbonyl (C=O) groups is 2. The van der Waals surface area contributed by atoms with Crippen LogP contribution in [0.25, 0.3) is 11.1 Å². The molecule has 1 heterocycles. The van der Waals surface area contributed by atoms with Crippen molar-refractivity contribution in [2.45, 2.75) is 25.3 Å². The van der Waals surface area contributed by atoms with E-state index in [1.54, 1.807) is 36.4 Å². The molecule has 4 rings (SSSR count). The van der Waals surface area contributed by atoms with Crippen molar-refractivity contribution >= 4 is 46.1 Å². The molecular weight excluding hydrogens is 495 g/mol. The van der Waals surface area contributed by atoms with Crippen LogP contribution in [-0.2, 0) is 27.3 Å². The first-order chi connectivity index (χ1) is 16.7. The summed E-state index contributed by atoms with van der Waals surface area (Å²) in [4.78, 5) is 26.4. The minimum absolute atomic E-state index is 0.162. The topological polar surface area (TPSA) is 98.2 Å². The lowest BCUT2D eigenvalue weighted by molar-refractivity contribution is -0.138. The number of halogens is 2. The number of rotatable bonds is 8. The summed E-state index contributed by atoms with van der Waals surface area (Å²) in [6.45, 7) is 0.372. The maximum Gasteiger partial charge on any atom is 0.327 e. The largest absolute Gasteiger partial charge is 0.480 e. The molecule has 3 aromatic rings. The van der Waals surface area contributed by atoms with Crippen molar-refractivity contribution in [1.29, 1.82) is 0 Å². The van der Waals surface area contributed by atoms with Crippen LogP contribution >= 0.6 is 11.6 Å². The van der Waals surface area contributed by atoms with E-state index in [1.807, 2.05) is 12.1 Å². The van der Waals surface area contributed by atoms with Gasteiger partial charge >= 0.3 is 5.97 Å². The van der Waals surface area contributed by atoms with Crippen LogP contribution in [0, 0.1) is 5.82 Å². The van der Waals surface area contributed by atoms with Crippen LogP contribution in [0.2, 0.25) is 5.02 Å². The molecule has 1 amide bonds. The molecule has 3 aromatic carbocycles. The van der Waals surface area contributed by atoms with Crippen molar-refractivity contribution in [2.75, 3.05) is 15.7 Å². The summed E-state index contributed by atoms with van der Waals surface area (Å²) in [6, 6.07) is 16.4. The monoisotopic (exact) mass is 516 g/mol. The minimum atomic E-state index is -2.65. The van der Waals surface area contributed by atoms with Gasteiger partial charge in [-0.1, -0.05) is 35.9 Å². The van der Waals surface area contributed by atoms with E-state index in [-0.39, 0.29) is 30.3 Å². The van der Waals surface area contributed by atoms with Crippen molar-refractivity contribution < 1.29 is 27.8 Å². The average molecular weight is 517 g/mol. The highest BCUT2D eigenvalue weighted by Gasteiger charge is 2.32. The molecule has 0 aromatic heterocycles. The van der Waals surface area contributed by atoms with Crippen molar-refractivity contribution in [3.63, 3.8) is 0 Å². The second kappa shape index (κ2) is 10.6. The molecule has 35 heavy (non-hydrogen) atoms. The normalized spacial score (nSPS) is 14.3. The Labute approximate surface area is 209 Å². The maximum absolute atomic E-state index is 13.5. The first kappa shape index (κ1) is 24.8. The van der Waals surface area contributed by atoms with Crippen molar-refractivity contribution in [3.05, 3.63) is 83.1 Å². The number of hydrogen-bond donors (Lipinski definition) is 2. The molecule has 1 aliphatic heterocycles. The highest BCUT2D eigenvalue weighted by Crippen LogP contribution is 2.30. The Hall–Kier alpha value is -3.27. The van der Waals surface area contributed by atoms with Crippen LogP contribution in [0.4, 0.5) is 15.8 Å². The van der Waals surface area contributed by atoms with E-state index in [0.29, 0.717) is 29.2 Å². The third kappa shape index (κ3) is 5.53. The summed E-state index contributed by atoms with van der Waals surface area (Å²) in [5, 5.41) is 10.4. The Morgan fingerprint density at radius 3 is 2.29 bits per heavy atom. The summed E-state index contributed by atoms with van der Waals surface area (Å²) in [5.74, 6) is -2.04. The molecule has 0 fully saturated rings. The van der Waals surface area contributed by atoms with E-state index in [9.17, 15) is 27.8 Å². The van der Waals surface area contributed by atoms with Crippen LogP contribution in [0.5, 0.6) is 0 Å². The number of anilines is 2. The van der Waals surface area contributed by atoms with Gasteiger partial charge in [-0.2, -0.15) is 0 Å². The second-order valence-electron chi connectivity index (χ2n) is 8.07. The molecule has 2 atom stereocenters. The van der Waals surface area contributed by atoms with Gasteiger partial charge in [-0.3, -0.25) is 13.7 Å². The Balaban J connectivity index is 1.50. The number of benzene rings is 3. The summed E-state index contributed by atoms with van der Waals surface area (Å²) in [6.07, 6.45) is 0.157. The smallest absolute Gasteiger partial charge is 0.327 e. The number of carboxylic acids is 1. The molecule has 10 heteroatoms. The van der Waals surface area contributed by atoms with Crippen LogP contribution in [0.1, 0.15) is 18.4 Å². The minimum Gasteiger partial charge on any atom is -0.480 e. The molecule has 0 saturated carbocycles. The van der Waals surface area contributed by atoms with Crippen LogP contribution < -0.4 is 9.21 Å². The first-order valence-corrected chi connectivity index (χ1v) is 12.3. The van der Waals surface area contributed by atoms with Crippen LogP contribution in [0.3, 0.4) is 0 Å². The number of fused-ring (bicyclic) bond motifs is 1. The molecular formula is C25H22ClFN2O5S. The maximum atomic E-state index is 13.5.